The van der Waals surface area contributed by atoms with Crippen LogP contribution in [0.25, 0.3) is 22.0 Å². The Labute approximate surface area is 144 Å². The zero-order chi connectivity index (χ0) is 17.2. The van der Waals surface area contributed by atoms with Crippen molar-refractivity contribution in [3.63, 3.8) is 0 Å². The van der Waals surface area contributed by atoms with Crippen LogP contribution in [0.5, 0.6) is 0 Å². The highest BCUT2D eigenvalue weighted by Gasteiger charge is 2.10. The molecule has 0 bridgehead atoms. The number of benzene rings is 2. The van der Waals surface area contributed by atoms with E-state index in [4.69, 9.17) is 0 Å². The molecule has 0 saturated heterocycles. The quantitative estimate of drug-likeness (QED) is 0.621. The monoisotopic (exact) mass is 328 g/mol. The Kier molecular flexibility index (Phi) is 3.74. The molecular formula is C20H16N4O. The van der Waals surface area contributed by atoms with Crippen molar-refractivity contribution < 1.29 is 4.79 Å². The van der Waals surface area contributed by atoms with Crippen LogP contribution in [0.4, 0.5) is 5.82 Å². The molecule has 2 aromatic heterocycles. The Hall–Kier alpha value is -3.47. The van der Waals surface area contributed by atoms with Crippen molar-refractivity contribution in [3.05, 3.63) is 78.6 Å². The van der Waals surface area contributed by atoms with Gasteiger partial charge < -0.3 is 5.32 Å². The van der Waals surface area contributed by atoms with Gasteiger partial charge in [-0.15, -0.1) is 0 Å². The highest BCUT2D eigenvalue weighted by atomic mass is 16.1. The van der Waals surface area contributed by atoms with Crippen LogP contribution in [-0.2, 0) is 7.05 Å². The molecule has 2 aromatic carbocycles. The van der Waals surface area contributed by atoms with Crippen LogP contribution in [0.2, 0.25) is 0 Å². The first-order valence-corrected chi connectivity index (χ1v) is 7.95. The zero-order valence-electron chi connectivity index (χ0n) is 13.7. The number of hydrogen-bond acceptors (Lipinski definition) is 3. The van der Waals surface area contributed by atoms with Gasteiger partial charge in [-0.05, 0) is 23.8 Å². The van der Waals surface area contributed by atoms with Crippen LogP contribution in [0.3, 0.4) is 0 Å². The van der Waals surface area contributed by atoms with Gasteiger partial charge in [0.05, 0.1) is 11.7 Å². The maximum absolute atomic E-state index is 12.4. The Balaban J connectivity index is 1.64. The Morgan fingerprint density at radius 3 is 2.60 bits per heavy atom. The highest BCUT2D eigenvalue weighted by molar-refractivity contribution is 6.05. The third-order valence-electron chi connectivity index (χ3n) is 4.12. The largest absolute Gasteiger partial charge is 0.307 e. The van der Waals surface area contributed by atoms with Gasteiger partial charge in [-0.3, -0.25) is 14.5 Å². The molecule has 5 heteroatoms. The van der Waals surface area contributed by atoms with E-state index in [1.54, 1.807) is 30.1 Å². The molecular weight excluding hydrogens is 312 g/mol. The molecule has 4 rings (SSSR count). The molecule has 25 heavy (non-hydrogen) atoms. The number of carbonyl (C=O) groups is 1. The van der Waals surface area contributed by atoms with Gasteiger partial charge >= 0.3 is 0 Å². The van der Waals surface area contributed by atoms with Crippen LogP contribution < -0.4 is 5.32 Å². The minimum absolute atomic E-state index is 0.181. The molecule has 0 spiro atoms. The summed E-state index contributed by atoms with van der Waals surface area (Å²) >= 11 is 0. The minimum atomic E-state index is -0.181. The van der Waals surface area contributed by atoms with Gasteiger partial charge in [-0.25, -0.2) is 0 Å². The fourth-order valence-corrected chi connectivity index (χ4v) is 2.74. The van der Waals surface area contributed by atoms with E-state index in [-0.39, 0.29) is 5.91 Å². The van der Waals surface area contributed by atoms with Gasteiger partial charge in [-0.1, -0.05) is 36.4 Å². The average molecular weight is 328 g/mol. The van der Waals surface area contributed by atoms with E-state index in [0.717, 1.165) is 22.0 Å². The number of rotatable bonds is 3. The number of hydrogen-bond donors (Lipinski definition) is 1. The summed E-state index contributed by atoms with van der Waals surface area (Å²) in [7, 11) is 1.78. The lowest BCUT2D eigenvalue weighted by Gasteiger charge is -2.07. The fourth-order valence-electron chi connectivity index (χ4n) is 2.74. The van der Waals surface area contributed by atoms with Gasteiger partial charge in [0, 0.05) is 35.8 Å². The van der Waals surface area contributed by atoms with Crippen molar-refractivity contribution in [2.24, 2.45) is 7.05 Å². The third-order valence-corrected chi connectivity index (χ3v) is 4.12. The number of carbonyl (C=O) groups excluding carboxylic acids is 1. The molecule has 1 amide bonds. The molecule has 0 fully saturated rings. The molecule has 0 radical (unpaired) electrons. The minimum Gasteiger partial charge on any atom is -0.307 e. The lowest BCUT2D eigenvalue weighted by Crippen LogP contribution is -2.14. The molecule has 1 N–H and O–H groups in total. The van der Waals surface area contributed by atoms with E-state index in [2.05, 4.69) is 33.6 Å². The number of pyridine rings is 1. The Bertz CT molecular complexity index is 1050. The van der Waals surface area contributed by atoms with Gasteiger partial charge in [0.1, 0.15) is 5.82 Å². The number of fused-ring (bicyclic) bond motifs is 1. The van der Waals surface area contributed by atoms with Crippen LogP contribution in [0, 0.1) is 0 Å². The first-order valence-electron chi connectivity index (χ1n) is 7.95. The molecule has 2 heterocycles. The van der Waals surface area contributed by atoms with Gasteiger partial charge in [0.15, 0.2) is 0 Å². The first-order chi connectivity index (χ1) is 12.2. The Morgan fingerprint density at radius 2 is 1.84 bits per heavy atom. The van der Waals surface area contributed by atoms with Crippen molar-refractivity contribution in [3.8, 4) is 11.1 Å². The van der Waals surface area contributed by atoms with E-state index in [9.17, 15) is 4.79 Å². The van der Waals surface area contributed by atoms with Crippen molar-refractivity contribution in [1.82, 2.24) is 14.8 Å². The number of nitrogens with one attached hydrogen (secondary N) is 1. The van der Waals surface area contributed by atoms with Crippen LogP contribution in [0.15, 0.2) is 73.1 Å². The molecule has 0 atom stereocenters. The van der Waals surface area contributed by atoms with E-state index in [1.165, 1.54) is 0 Å². The fraction of sp³-hybridized carbons (Fsp3) is 0.0500. The number of nitrogens with zero attached hydrogens (tertiary/aromatic N) is 3. The lowest BCUT2D eigenvalue weighted by molar-refractivity contribution is 0.102. The van der Waals surface area contributed by atoms with Crippen molar-refractivity contribution >= 4 is 22.6 Å². The van der Waals surface area contributed by atoms with E-state index in [0.29, 0.717) is 11.4 Å². The molecule has 0 aliphatic heterocycles. The van der Waals surface area contributed by atoms with Crippen molar-refractivity contribution in [1.29, 1.82) is 0 Å². The number of amides is 1. The average Bonchev–Trinajstić information content (AvgIpc) is 3.06. The van der Waals surface area contributed by atoms with Crippen molar-refractivity contribution in [2.75, 3.05) is 5.32 Å². The smallest absolute Gasteiger partial charge is 0.256 e. The standard InChI is InChI=1S/C20H16N4O/c1-24-19(9-10-22-24)23-20(25)16-8-7-15-11-17(13-21-18(15)12-16)14-5-3-2-4-6-14/h2-13H,1H3,(H,23,25). The van der Waals surface area contributed by atoms with E-state index >= 15 is 0 Å². The van der Waals surface area contributed by atoms with Crippen LogP contribution in [-0.4, -0.2) is 20.7 Å². The number of aromatic nitrogens is 3. The molecule has 0 unspecified atom stereocenters. The Morgan fingerprint density at radius 1 is 1.00 bits per heavy atom. The predicted molar refractivity (Wildman–Crippen MR) is 98.3 cm³/mol. The summed E-state index contributed by atoms with van der Waals surface area (Å²) in [4.78, 5) is 16.9. The molecule has 0 saturated carbocycles. The SMILES string of the molecule is Cn1nccc1NC(=O)c1ccc2cc(-c3ccccc3)cnc2c1. The van der Waals surface area contributed by atoms with E-state index in [1.807, 2.05) is 36.5 Å². The zero-order valence-corrected chi connectivity index (χ0v) is 13.7. The molecule has 122 valence electrons. The summed E-state index contributed by atoms with van der Waals surface area (Å²) in [6.07, 6.45) is 3.48. The van der Waals surface area contributed by atoms with Gasteiger partial charge in [-0.2, -0.15) is 5.10 Å². The summed E-state index contributed by atoms with van der Waals surface area (Å²) in [5, 5.41) is 7.88. The second kappa shape index (κ2) is 6.20. The second-order valence-corrected chi connectivity index (χ2v) is 5.79. The third kappa shape index (κ3) is 2.99. The summed E-state index contributed by atoms with van der Waals surface area (Å²) < 4.78 is 1.61. The molecule has 0 aliphatic carbocycles. The molecule has 5 nitrogen and oxygen atoms in total. The van der Waals surface area contributed by atoms with Crippen LogP contribution >= 0.6 is 0 Å². The number of aryl methyl sites for hydroxylation is 1. The second-order valence-electron chi connectivity index (χ2n) is 5.79. The number of anilines is 1. The van der Waals surface area contributed by atoms with Crippen molar-refractivity contribution in [2.45, 2.75) is 0 Å². The normalized spacial score (nSPS) is 10.8. The summed E-state index contributed by atoms with van der Waals surface area (Å²) in [5.74, 6) is 0.469. The van der Waals surface area contributed by atoms with Crippen LogP contribution in [0.1, 0.15) is 10.4 Å². The predicted octanol–water partition coefficient (Wildman–Crippen LogP) is 3.89. The molecule has 0 aliphatic rings. The topological polar surface area (TPSA) is 59.8 Å². The summed E-state index contributed by atoms with van der Waals surface area (Å²) in [6, 6.07) is 19.5. The highest BCUT2D eigenvalue weighted by Crippen LogP contribution is 2.23. The summed E-state index contributed by atoms with van der Waals surface area (Å²) in [6.45, 7) is 0. The van der Waals surface area contributed by atoms with Gasteiger partial charge in [0.25, 0.3) is 5.91 Å². The maximum atomic E-state index is 12.4. The first kappa shape index (κ1) is 15.1. The van der Waals surface area contributed by atoms with Gasteiger partial charge in [0.2, 0.25) is 0 Å². The lowest BCUT2D eigenvalue weighted by atomic mass is 10.0. The van der Waals surface area contributed by atoms with E-state index < -0.39 is 0 Å². The summed E-state index contributed by atoms with van der Waals surface area (Å²) in [5.41, 5.74) is 3.53. The maximum Gasteiger partial charge on any atom is 0.256 e. The molecule has 4 aromatic rings.